The standard InChI is InChI=1S/C42H70S2/c1-19-30(22-29(4)28(2)3)20-21-35-36(40(11,12)13)26-34(27-37(35)41(14,15)16)44-42(17,18)43-33-24-31(38(5,6)7)23-32(25-33)39(8,9)10/h23-30H,19-22H2,1-18H3. The van der Waals surface area contributed by atoms with Gasteiger partial charge in [-0.25, -0.2) is 0 Å². The second-order valence-electron chi connectivity index (χ2n) is 18.6. The van der Waals surface area contributed by atoms with Crippen LogP contribution >= 0.6 is 23.5 Å². The average Bonchev–Trinajstić information content (AvgIpc) is 2.83. The molecule has 0 N–H and O–H groups in total. The van der Waals surface area contributed by atoms with E-state index in [1.54, 1.807) is 16.7 Å². The second kappa shape index (κ2) is 14.5. The van der Waals surface area contributed by atoms with Crippen molar-refractivity contribution in [3.05, 3.63) is 58.1 Å². The Bertz CT molecular complexity index is 1150. The fourth-order valence-electron chi connectivity index (χ4n) is 6.06. The molecule has 0 aromatic heterocycles. The van der Waals surface area contributed by atoms with E-state index in [1.807, 2.05) is 23.5 Å². The third-order valence-corrected chi connectivity index (χ3v) is 11.9. The first-order chi connectivity index (χ1) is 19.7. The van der Waals surface area contributed by atoms with E-state index < -0.39 is 0 Å². The third-order valence-electron chi connectivity index (χ3n) is 9.43. The lowest BCUT2D eigenvalue weighted by molar-refractivity contribution is 0.300. The smallest absolute Gasteiger partial charge is 0.0649 e. The molecule has 0 radical (unpaired) electrons. The minimum absolute atomic E-state index is 0.0161. The normalized spacial score (nSPS) is 15.2. The highest BCUT2D eigenvalue weighted by molar-refractivity contribution is 8.18. The number of benzene rings is 2. The molecule has 0 heterocycles. The van der Waals surface area contributed by atoms with Crippen LogP contribution in [0.2, 0.25) is 0 Å². The molecule has 0 spiro atoms. The van der Waals surface area contributed by atoms with Crippen molar-refractivity contribution in [1.29, 1.82) is 0 Å². The summed E-state index contributed by atoms with van der Waals surface area (Å²) in [7, 11) is 0. The van der Waals surface area contributed by atoms with Crippen LogP contribution in [0.25, 0.3) is 0 Å². The Morgan fingerprint density at radius 1 is 0.568 bits per heavy atom. The molecule has 2 heteroatoms. The highest BCUT2D eigenvalue weighted by Gasteiger charge is 2.30. The summed E-state index contributed by atoms with van der Waals surface area (Å²) in [6.07, 6.45) is 5.09. The van der Waals surface area contributed by atoms with E-state index in [1.165, 1.54) is 46.6 Å². The average molecular weight is 639 g/mol. The van der Waals surface area contributed by atoms with Gasteiger partial charge >= 0.3 is 0 Å². The Labute approximate surface area is 284 Å². The molecule has 44 heavy (non-hydrogen) atoms. The third kappa shape index (κ3) is 11.4. The Morgan fingerprint density at radius 2 is 0.977 bits per heavy atom. The van der Waals surface area contributed by atoms with E-state index in [9.17, 15) is 0 Å². The molecule has 250 valence electrons. The zero-order valence-electron chi connectivity index (χ0n) is 32.3. The lowest BCUT2D eigenvalue weighted by Crippen LogP contribution is -2.23. The minimum atomic E-state index is -0.0161. The molecule has 2 atom stereocenters. The van der Waals surface area contributed by atoms with Gasteiger partial charge in [0.05, 0.1) is 4.08 Å². The minimum Gasteiger partial charge on any atom is -0.109 e. The molecule has 2 aromatic rings. The summed E-state index contributed by atoms with van der Waals surface area (Å²) in [4.78, 5) is 2.79. The molecule has 0 nitrogen and oxygen atoms in total. The van der Waals surface area contributed by atoms with E-state index in [2.05, 4.69) is 155 Å². The predicted octanol–water partition coefficient (Wildman–Crippen LogP) is 14.1. The van der Waals surface area contributed by atoms with Crippen molar-refractivity contribution in [3.63, 3.8) is 0 Å². The number of thioether (sulfide) groups is 2. The lowest BCUT2D eigenvalue weighted by atomic mass is 9.74. The summed E-state index contributed by atoms with van der Waals surface area (Å²) in [5.41, 5.74) is 7.99. The van der Waals surface area contributed by atoms with Gasteiger partial charge in [-0.1, -0.05) is 123 Å². The molecule has 0 aliphatic heterocycles. The van der Waals surface area contributed by atoms with E-state index in [-0.39, 0.29) is 25.7 Å². The van der Waals surface area contributed by atoms with Gasteiger partial charge in [0.25, 0.3) is 0 Å². The van der Waals surface area contributed by atoms with Crippen LogP contribution in [0, 0.1) is 17.8 Å². The largest absolute Gasteiger partial charge is 0.109 e. The van der Waals surface area contributed by atoms with Gasteiger partial charge in [-0.3, -0.25) is 0 Å². The van der Waals surface area contributed by atoms with Crippen molar-refractivity contribution in [2.75, 3.05) is 0 Å². The van der Waals surface area contributed by atoms with Gasteiger partial charge in [0.2, 0.25) is 0 Å². The molecule has 2 aromatic carbocycles. The molecule has 2 rings (SSSR count). The van der Waals surface area contributed by atoms with Gasteiger partial charge in [-0.2, -0.15) is 0 Å². The van der Waals surface area contributed by atoms with Gasteiger partial charge in [-0.05, 0) is 125 Å². The van der Waals surface area contributed by atoms with Crippen LogP contribution < -0.4 is 0 Å². The van der Waals surface area contributed by atoms with Crippen molar-refractivity contribution < 1.29 is 0 Å². The van der Waals surface area contributed by atoms with Crippen molar-refractivity contribution in [1.82, 2.24) is 0 Å². The van der Waals surface area contributed by atoms with Crippen LogP contribution in [0.5, 0.6) is 0 Å². The molecular weight excluding hydrogens is 569 g/mol. The lowest BCUT2D eigenvalue weighted by Gasteiger charge is -2.33. The van der Waals surface area contributed by atoms with Crippen LogP contribution in [-0.2, 0) is 28.1 Å². The summed E-state index contributed by atoms with van der Waals surface area (Å²) >= 11 is 4.06. The van der Waals surface area contributed by atoms with Crippen LogP contribution in [0.15, 0.2) is 40.1 Å². The van der Waals surface area contributed by atoms with Gasteiger partial charge in [0, 0.05) is 9.79 Å². The summed E-state index contributed by atoms with van der Waals surface area (Å²) in [5, 5.41) is 0. The summed E-state index contributed by atoms with van der Waals surface area (Å²) < 4.78 is -0.0161. The van der Waals surface area contributed by atoms with Gasteiger partial charge in [-0.15, -0.1) is 23.5 Å². The highest BCUT2D eigenvalue weighted by atomic mass is 32.2. The number of hydrogen-bond donors (Lipinski definition) is 0. The zero-order valence-corrected chi connectivity index (χ0v) is 33.9. The molecule has 0 amide bonds. The maximum Gasteiger partial charge on any atom is 0.0649 e. The molecule has 0 aliphatic carbocycles. The zero-order chi connectivity index (χ0) is 34.1. The van der Waals surface area contributed by atoms with Gasteiger partial charge < -0.3 is 0 Å². The fourth-order valence-corrected chi connectivity index (χ4v) is 8.66. The molecule has 0 fully saturated rings. The Hall–Kier alpha value is -0.860. The first-order valence-electron chi connectivity index (χ1n) is 17.5. The Balaban J connectivity index is 2.54. The Morgan fingerprint density at radius 3 is 1.32 bits per heavy atom. The first kappa shape index (κ1) is 39.3. The quantitative estimate of drug-likeness (QED) is 0.177. The van der Waals surface area contributed by atoms with Crippen molar-refractivity contribution >= 4 is 23.5 Å². The first-order valence-corrected chi connectivity index (χ1v) is 19.1. The van der Waals surface area contributed by atoms with Crippen LogP contribution in [-0.4, -0.2) is 4.08 Å². The predicted molar refractivity (Wildman–Crippen MR) is 204 cm³/mol. The van der Waals surface area contributed by atoms with E-state index in [0.717, 1.165) is 17.8 Å². The maximum atomic E-state index is 2.56. The fraction of sp³-hybridized carbons (Fsp3) is 0.714. The molecule has 0 saturated carbocycles. The highest BCUT2D eigenvalue weighted by Crippen LogP contribution is 2.49. The number of rotatable bonds is 11. The molecule has 0 saturated heterocycles. The molecule has 0 aliphatic rings. The topological polar surface area (TPSA) is 0 Å². The maximum absolute atomic E-state index is 2.56. The van der Waals surface area contributed by atoms with Crippen LogP contribution in [0.4, 0.5) is 0 Å². The van der Waals surface area contributed by atoms with E-state index in [0.29, 0.717) is 0 Å². The van der Waals surface area contributed by atoms with Crippen molar-refractivity contribution in [2.24, 2.45) is 17.8 Å². The SMILES string of the molecule is CCC(CCc1c(C(C)(C)C)cc(SC(C)(C)Sc2cc(C(C)(C)C)cc(C(C)(C)C)c2)cc1C(C)(C)C)CC(C)C(C)C. The van der Waals surface area contributed by atoms with Gasteiger partial charge in [0.15, 0.2) is 0 Å². The van der Waals surface area contributed by atoms with Crippen LogP contribution in [0.3, 0.4) is 0 Å². The van der Waals surface area contributed by atoms with E-state index >= 15 is 0 Å². The van der Waals surface area contributed by atoms with E-state index in [4.69, 9.17) is 0 Å². The second-order valence-corrected chi connectivity index (χ2v) is 22.3. The van der Waals surface area contributed by atoms with Crippen LogP contribution in [0.1, 0.15) is 172 Å². The molecular formula is C42H70S2. The monoisotopic (exact) mass is 638 g/mol. The van der Waals surface area contributed by atoms with Crippen molar-refractivity contribution in [3.8, 4) is 0 Å². The molecule has 2 unspecified atom stereocenters. The molecule has 0 bridgehead atoms. The summed E-state index contributed by atoms with van der Waals surface area (Å²) in [6, 6.07) is 12.4. The summed E-state index contributed by atoms with van der Waals surface area (Å²) in [6.45, 7) is 42.9. The Kier molecular flexibility index (Phi) is 13.0. The van der Waals surface area contributed by atoms with Crippen molar-refractivity contribution in [2.45, 2.75) is 186 Å². The van der Waals surface area contributed by atoms with Gasteiger partial charge in [0.1, 0.15) is 0 Å². The number of hydrogen-bond acceptors (Lipinski definition) is 2. The summed E-state index contributed by atoms with van der Waals surface area (Å²) in [5.74, 6) is 2.33.